The third-order valence-corrected chi connectivity index (χ3v) is 4.27. The second kappa shape index (κ2) is 3.71. The van der Waals surface area contributed by atoms with E-state index in [9.17, 15) is 0 Å². The van der Waals surface area contributed by atoms with E-state index in [1.165, 1.54) is 19.4 Å². The minimum Gasteiger partial charge on any atom is -0.294 e. The van der Waals surface area contributed by atoms with Crippen molar-refractivity contribution in [2.75, 3.05) is 13.6 Å². The summed E-state index contributed by atoms with van der Waals surface area (Å²) in [5.41, 5.74) is 0. The van der Waals surface area contributed by atoms with Gasteiger partial charge in [0.2, 0.25) is 0 Å². The highest BCUT2D eigenvalue weighted by atomic mass is 127. The lowest BCUT2D eigenvalue weighted by atomic mass is 10.1. The minimum absolute atomic E-state index is 0.786. The molecular formula is C6H11I2N. The fraction of sp³-hybridized carbons (Fsp3) is 1.00. The maximum atomic E-state index is 2.54. The molecule has 54 valence electrons. The fourth-order valence-corrected chi connectivity index (χ4v) is 2.62. The molecule has 0 unspecified atom stereocenters. The van der Waals surface area contributed by atoms with Crippen LogP contribution in [0.15, 0.2) is 0 Å². The number of halogens is 2. The Morgan fingerprint density at radius 2 is 2.00 bits per heavy atom. The topological polar surface area (TPSA) is 3.24 Å². The summed E-state index contributed by atoms with van der Waals surface area (Å²) in [6.07, 6.45) is 2.77. The van der Waals surface area contributed by atoms with Crippen molar-refractivity contribution in [3.8, 4) is 0 Å². The standard InChI is InChI=1S/C6H11I2N/c1-9-4-5(7)2-3-6(9)8/h5-6H,2-4H2,1H3/t5-,6-/m0/s1. The molecule has 0 amide bonds. The Bertz CT molecular complexity index is 97.1. The monoisotopic (exact) mass is 351 g/mol. The molecule has 0 aliphatic carbocycles. The highest BCUT2D eigenvalue weighted by Crippen LogP contribution is 2.24. The van der Waals surface area contributed by atoms with Crippen LogP contribution in [-0.4, -0.2) is 26.5 Å². The molecule has 1 nitrogen and oxygen atoms in total. The van der Waals surface area contributed by atoms with Gasteiger partial charge in [0.25, 0.3) is 0 Å². The van der Waals surface area contributed by atoms with Crippen LogP contribution >= 0.6 is 45.2 Å². The van der Waals surface area contributed by atoms with E-state index < -0.39 is 0 Å². The number of hydrogen-bond donors (Lipinski definition) is 0. The first kappa shape index (κ1) is 8.52. The summed E-state index contributed by atoms with van der Waals surface area (Å²) in [7, 11) is 2.21. The van der Waals surface area contributed by atoms with E-state index in [0.29, 0.717) is 0 Å². The van der Waals surface area contributed by atoms with Crippen LogP contribution in [0.5, 0.6) is 0 Å². The fourth-order valence-electron chi connectivity index (χ4n) is 1.06. The molecule has 0 bridgehead atoms. The predicted molar refractivity (Wildman–Crippen MR) is 57.5 cm³/mol. The van der Waals surface area contributed by atoms with E-state index in [0.717, 1.165) is 7.97 Å². The van der Waals surface area contributed by atoms with Gasteiger partial charge in [0, 0.05) is 10.5 Å². The Kier molecular flexibility index (Phi) is 3.51. The molecule has 0 N–H and O–H groups in total. The molecule has 1 aliphatic heterocycles. The van der Waals surface area contributed by atoms with Crippen molar-refractivity contribution in [3.63, 3.8) is 0 Å². The molecule has 1 fully saturated rings. The second-order valence-electron chi connectivity index (χ2n) is 2.55. The van der Waals surface area contributed by atoms with Gasteiger partial charge in [0.1, 0.15) is 0 Å². The lowest BCUT2D eigenvalue weighted by Crippen LogP contribution is -2.37. The third-order valence-electron chi connectivity index (χ3n) is 1.68. The molecule has 1 heterocycles. The van der Waals surface area contributed by atoms with Crippen LogP contribution in [0.25, 0.3) is 0 Å². The van der Waals surface area contributed by atoms with Crippen molar-refractivity contribution in [3.05, 3.63) is 0 Å². The number of rotatable bonds is 0. The van der Waals surface area contributed by atoms with Crippen LogP contribution in [-0.2, 0) is 0 Å². The summed E-state index contributed by atoms with van der Waals surface area (Å²) in [5.74, 6) is 0. The van der Waals surface area contributed by atoms with Crippen LogP contribution in [0.2, 0.25) is 0 Å². The van der Waals surface area contributed by atoms with Crippen molar-refractivity contribution in [2.24, 2.45) is 0 Å². The molecule has 0 radical (unpaired) electrons. The zero-order valence-electron chi connectivity index (χ0n) is 5.48. The second-order valence-corrected chi connectivity index (χ2v) is 5.75. The normalized spacial score (nSPS) is 39.0. The van der Waals surface area contributed by atoms with Gasteiger partial charge in [-0.15, -0.1) is 0 Å². The largest absolute Gasteiger partial charge is 0.294 e. The van der Waals surface area contributed by atoms with E-state index in [4.69, 9.17) is 0 Å². The van der Waals surface area contributed by atoms with Gasteiger partial charge in [-0.1, -0.05) is 45.2 Å². The van der Waals surface area contributed by atoms with E-state index in [-0.39, 0.29) is 0 Å². The number of alkyl halides is 2. The molecule has 2 atom stereocenters. The van der Waals surface area contributed by atoms with Crippen LogP contribution < -0.4 is 0 Å². The average molecular weight is 351 g/mol. The van der Waals surface area contributed by atoms with Crippen molar-refractivity contribution in [1.29, 1.82) is 0 Å². The summed E-state index contributed by atoms with van der Waals surface area (Å²) in [6, 6.07) is 0. The van der Waals surface area contributed by atoms with Crippen molar-refractivity contribution in [1.82, 2.24) is 4.90 Å². The van der Waals surface area contributed by atoms with Gasteiger partial charge >= 0.3 is 0 Å². The van der Waals surface area contributed by atoms with Crippen LogP contribution in [0.4, 0.5) is 0 Å². The first-order chi connectivity index (χ1) is 4.20. The quantitative estimate of drug-likeness (QED) is 0.368. The van der Waals surface area contributed by atoms with Gasteiger partial charge in [-0.3, -0.25) is 4.90 Å². The highest BCUT2D eigenvalue weighted by Gasteiger charge is 2.20. The number of piperidine rings is 1. The predicted octanol–water partition coefficient (Wildman–Crippen LogP) is 2.28. The van der Waals surface area contributed by atoms with Gasteiger partial charge < -0.3 is 0 Å². The molecule has 1 saturated heterocycles. The average Bonchev–Trinajstić information content (AvgIpc) is 1.80. The molecule has 0 aromatic rings. The Hall–Kier alpha value is 1.42. The maximum absolute atomic E-state index is 2.54. The lowest BCUT2D eigenvalue weighted by Gasteiger charge is -2.31. The first-order valence-corrected chi connectivity index (χ1v) is 5.67. The molecule has 1 rings (SSSR count). The van der Waals surface area contributed by atoms with E-state index in [1.54, 1.807) is 0 Å². The zero-order chi connectivity index (χ0) is 6.85. The number of hydrogen-bond acceptors (Lipinski definition) is 1. The first-order valence-electron chi connectivity index (χ1n) is 3.18. The number of likely N-dealkylation sites (tertiary alicyclic amines) is 1. The van der Waals surface area contributed by atoms with Crippen LogP contribution in [0, 0.1) is 0 Å². The maximum Gasteiger partial charge on any atom is 0.0616 e. The summed E-state index contributed by atoms with van der Waals surface area (Å²) in [6.45, 7) is 1.27. The third kappa shape index (κ3) is 2.49. The van der Waals surface area contributed by atoms with Gasteiger partial charge in [0.05, 0.1) is 4.05 Å². The molecule has 9 heavy (non-hydrogen) atoms. The molecule has 0 aromatic carbocycles. The smallest absolute Gasteiger partial charge is 0.0616 e. The van der Waals surface area contributed by atoms with E-state index in [1.807, 2.05) is 0 Å². The highest BCUT2D eigenvalue weighted by molar-refractivity contribution is 14.1. The van der Waals surface area contributed by atoms with Crippen LogP contribution in [0.1, 0.15) is 12.8 Å². The summed E-state index contributed by atoms with van der Waals surface area (Å²) in [4.78, 5) is 2.43. The summed E-state index contributed by atoms with van der Waals surface area (Å²) < 4.78 is 1.67. The summed E-state index contributed by atoms with van der Waals surface area (Å²) in [5, 5.41) is 0. The van der Waals surface area contributed by atoms with Crippen LogP contribution in [0.3, 0.4) is 0 Å². The molecule has 1 aliphatic rings. The summed E-state index contributed by atoms with van der Waals surface area (Å²) >= 11 is 5.05. The van der Waals surface area contributed by atoms with Gasteiger partial charge in [-0.25, -0.2) is 0 Å². The SMILES string of the molecule is CN1C[C@@H](I)CC[C@H]1I. The lowest BCUT2D eigenvalue weighted by molar-refractivity contribution is 0.274. The Balaban J connectivity index is 2.35. The Labute approximate surface area is 83.8 Å². The minimum atomic E-state index is 0.786. The molecule has 0 saturated carbocycles. The molecule has 3 heteroatoms. The molecular weight excluding hydrogens is 340 g/mol. The number of nitrogens with zero attached hydrogens (tertiary/aromatic N) is 1. The molecule has 0 spiro atoms. The van der Waals surface area contributed by atoms with Crippen molar-refractivity contribution < 1.29 is 0 Å². The van der Waals surface area contributed by atoms with E-state index in [2.05, 4.69) is 57.1 Å². The van der Waals surface area contributed by atoms with Gasteiger partial charge in [-0.2, -0.15) is 0 Å². The Morgan fingerprint density at radius 3 is 2.44 bits per heavy atom. The Morgan fingerprint density at radius 1 is 1.33 bits per heavy atom. The van der Waals surface area contributed by atoms with Crippen molar-refractivity contribution in [2.45, 2.75) is 20.8 Å². The van der Waals surface area contributed by atoms with Crippen molar-refractivity contribution >= 4 is 45.2 Å². The van der Waals surface area contributed by atoms with E-state index >= 15 is 0 Å². The van der Waals surface area contributed by atoms with Gasteiger partial charge in [0.15, 0.2) is 0 Å². The van der Waals surface area contributed by atoms with Gasteiger partial charge in [-0.05, 0) is 19.9 Å². The zero-order valence-corrected chi connectivity index (χ0v) is 9.79. The molecule has 0 aromatic heterocycles.